The van der Waals surface area contributed by atoms with Crippen LogP contribution >= 0.6 is 0 Å². The van der Waals surface area contributed by atoms with Crippen molar-refractivity contribution in [2.45, 2.75) is 52.2 Å². The highest BCUT2D eigenvalue weighted by molar-refractivity contribution is 5.79. The Bertz CT molecular complexity index is 1020. The van der Waals surface area contributed by atoms with Crippen molar-refractivity contribution in [1.29, 1.82) is 0 Å². The minimum atomic E-state index is -0.960. The number of unbranched alkanes of at least 4 members (excludes halogenated alkanes) is 1. The first kappa shape index (κ1) is 21.9. The Morgan fingerprint density at radius 2 is 1.91 bits per heavy atom. The molecule has 2 aliphatic rings. The van der Waals surface area contributed by atoms with Crippen LogP contribution in [0.3, 0.4) is 0 Å². The lowest BCUT2D eigenvalue weighted by atomic mass is 9.92. The number of hydrogen-bond acceptors (Lipinski definition) is 6. The number of carboxylic acid groups (broad SMARTS) is 1. The molecule has 1 N–H and O–H groups in total. The first-order chi connectivity index (χ1) is 15.5. The van der Waals surface area contributed by atoms with Crippen LogP contribution < -0.4 is 18.9 Å². The molecule has 4 rings (SSSR count). The van der Waals surface area contributed by atoms with Crippen molar-refractivity contribution in [1.82, 2.24) is 0 Å². The summed E-state index contributed by atoms with van der Waals surface area (Å²) in [6.07, 6.45) is 0.988. The zero-order chi connectivity index (χ0) is 22.7. The van der Waals surface area contributed by atoms with Crippen molar-refractivity contribution < 1.29 is 33.6 Å². The molecule has 2 aromatic rings. The number of fused-ring (bicyclic) bond motifs is 2. The summed E-state index contributed by atoms with van der Waals surface area (Å²) < 4.78 is 29.3. The third kappa shape index (κ3) is 4.61. The molecule has 7 heteroatoms. The molecular weight excluding hydrogens is 412 g/mol. The van der Waals surface area contributed by atoms with Gasteiger partial charge in [-0.25, -0.2) is 0 Å². The van der Waals surface area contributed by atoms with Crippen LogP contribution in [-0.4, -0.2) is 30.6 Å². The smallest absolute Gasteiger partial charge is 0.307 e. The molecule has 2 aliphatic heterocycles. The van der Waals surface area contributed by atoms with Gasteiger partial charge in [-0.05, 0) is 50.6 Å². The lowest BCUT2D eigenvalue weighted by Gasteiger charge is -2.32. The molecule has 0 radical (unpaired) electrons. The van der Waals surface area contributed by atoms with Gasteiger partial charge in [0.25, 0.3) is 0 Å². The van der Waals surface area contributed by atoms with Crippen molar-refractivity contribution in [2.24, 2.45) is 0 Å². The van der Waals surface area contributed by atoms with Crippen LogP contribution in [0.2, 0.25) is 0 Å². The Labute approximate surface area is 187 Å². The summed E-state index contributed by atoms with van der Waals surface area (Å²) in [5.41, 5.74) is 2.01. The minimum Gasteiger partial charge on any atom is -0.494 e. The van der Waals surface area contributed by atoms with Crippen LogP contribution in [0, 0.1) is 0 Å². The molecule has 0 saturated carbocycles. The van der Waals surface area contributed by atoms with Crippen molar-refractivity contribution >= 4 is 11.7 Å². The molecular formula is C25H28O7. The minimum absolute atomic E-state index is 0.151. The molecule has 32 heavy (non-hydrogen) atoms. The fourth-order valence-electron chi connectivity index (χ4n) is 3.76. The fraction of sp³-hybridized carbons (Fsp3) is 0.400. The number of benzene rings is 2. The first-order valence-corrected chi connectivity index (χ1v) is 10.9. The second kappa shape index (κ2) is 9.42. The quantitative estimate of drug-likeness (QED) is 0.527. The highest BCUT2D eigenvalue weighted by Crippen LogP contribution is 2.47. The van der Waals surface area contributed by atoms with Gasteiger partial charge in [0.1, 0.15) is 23.4 Å². The van der Waals surface area contributed by atoms with E-state index >= 15 is 0 Å². The molecule has 7 nitrogen and oxygen atoms in total. The van der Waals surface area contributed by atoms with Gasteiger partial charge in [0.15, 0.2) is 11.5 Å². The molecule has 170 valence electrons. The Hall–Kier alpha value is -3.35. The number of aliphatic carboxylic acids is 1. The third-order valence-corrected chi connectivity index (χ3v) is 5.21. The van der Waals surface area contributed by atoms with E-state index in [-0.39, 0.29) is 19.3 Å². The number of hydrogen-bond donors (Lipinski definition) is 1. The summed E-state index contributed by atoms with van der Waals surface area (Å²) in [6.45, 7) is 6.71. The van der Waals surface area contributed by atoms with E-state index in [0.717, 1.165) is 18.4 Å². The van der Waals surface area contributed by atoms with Crippen LogP contribution in [0.25, 0.3) is 5.76 Å². The van der Waals surface area contributed by atoms with Gasteiger partial charge in [0, 0.05) is 11.1 Å². The molecule has 0 saturated heterocycles. The van der Waals surface area contributed by atoms with Crippen LogP contribution in [0.5, 0.6) is 23.0 Å². The first-order valence-electron chi connectivity index (χ1n) is 10.9. The Balaban J connectivity index is 1.79. The van der Waals surface area contributed by atoms with Crippen LogP contribution in [0.15, 0.2) is 42.0 Å². The van der Waals surface area contributed by atoms with E-state index < -0.39 is 12.1 Å². The highest BCUT2D eigenvalue weighted by Gasteiger charge is 2.34. The van der Waals surface area contributed by atoms with Gasteiger partial charge in [-0.3, -0.25) is 4.79 Å². The predicted octanol–water partition coefficient (Wildman–Crippen LogP) is 5.34. The second-order valence-electron chi connectivity index (χ2n) is 8.06. The SMILES string of the molecule is CCCCOc1ccc2c(c1)C(OC(C)C)=C(CC(=O)O)C(c1ccc3c(c1)OCO3)O2. The summed E-state index contributed by atoms with van der Waals surface area (Å²) in [5.74, 6) is 2.13. The molecule has 0 amide bonds. The number of carbonyl (C=O) groups is 1. The second-order valence-corrected chi connectivity index (χ2v) is 8.06. The molecule has 2 aromatic carbocycles. The fourth-order valence-corrected chi connectivity index (χ4v) is 3.76. The van der Waals surface area contributed by atoms with Crippen LogP contribution in [0.4, 0.5) is 0 Å². The zero-order valence-electron chi connectivity index (χ0n) is 18.6. The van der Waals surface area contributed by atoms with Crippen molar-refractivity contribution in [3.63, 3.8) is 0 Å². The Morgan fingerprint density at radius 3 is 2.66 bits per heavy atom. The van der Waals surface area contributed by atoms with Crippen molar-refractivity contribution in [2.75, 3.05) is 13.4 Å². The van der Waals surface area contributed by atoms with E-state index in [4.69, 9.17) is 23.7 Å². The van der Waals surface area contributed by atoms with Crippen LogP contribution in [0.1, 0.15) is 57.3 Å². The molecule has 0 aliphatic carbocycles. The monoisotopic (exact) mass is 440 g/mol. The van der Waals surface area contributed by atoms with Crippen molar-refractivity contribution in [3.05, 3.63) is 53.1 Å². The van der Waals surface area contributed by atoms with Gasteiger partial charge in [-0.15, -0.1) is 0 Å². The molecule has 0 fully saturated rings. The summed E-state index contributed by atoms with van der Waals surface area (Å²) in [5, 5.41) is 9.67. The van der Waals surface area contributed by atoms with E-state index in [9.17, 15) is 9.90 Å². The summed E-state index contributed by atoms with van der Waals surface area (Å²) >= 11 is 0. The Morgan fingerprint density at radius 1 is 1.12 bits per heavy atom. The van der Waals surface area contributed by atoms with Crippen LogP contribution in [-0.2, 0) is 9.53 Å². The largest absolute Gasteiger partial charge is 0.494 e. The van der Waals surface area contributed by atoms with Gasteiger partial charge in [-0.1, -0.05) is 19.4 Å². The zero-order valence-corrected chi connectivity index (χ0v) is 18.6. The maximum atomic E-state index is 11.8. The van der Waals surface area contributed by atoms with E-state index in [0.29, 0.717) is 46.5 Å². The maximum absolute atomic E-state index is 11.8. The molecule has 0 spiro atoms. The van der Waals surface area contributed by atoms with E-state index in [1.165, 1.54) is 0 Å². The summed E-state index contributed by atoms with van der Waals surface area (Å²) in [7, 11) is 0. The average Bonchev–Trinajstić information content (AvgIpc) is 3.23. The normalized spacial score (nSPS) is 16.6. The maximum Gasteiger partial charge on any atom is 0.307 e. The lowest BCUT2D eigenvalue weighted by molar-refractivity contribution is -0.136. The van der Waals surface area contributed by atoms with Gasteiger partial charge in [-0.2, -0.15) is 0 Å². The molecule has 0 aromatic heterocycles. The third-order valence-electron chi connectivity index (χ3n) is 5.21. The van der Waals surface area contributed by atoms with Gasteiger partial charge >= 0.3 is 5.97 Å². The Kier molecular flexibility index (Phi) is 6.44. The summed E-state index contributed by atoms with van der Waals surface area (Å²) in [4.78, 5) is 11.8. The molecule has 1 atom stereocenters. The summed E-state index contributed by atoms with van der Waals surface area (Å²) in [6, 6.07) is 11.1. The van der Waals surface area contributed by atoms with Gasteiger partial charge < -0.3 is 28.8 Å². The van der Waals surface area contributed by atoms with Gasteiger partial charge in [0.05, 0.1) is 24.7 Å². The standard InChI is InChI=1S/C25H28O7/c1-4-5-10-28-17-7-9-20-18(12-17)25(31-15(2)3)19(13-23(26)27)24(32-20)16-6-8-21-22(11-16)30-14-29-21/h6-9,11-12,15,24H,4-5,10,13-14H2,1-3H3,(H,26,27). The predicted molar refractivity (Wildman–Crippen MR) is 118 cm³/mol. The number of carboxylic acids is 1. The highest BCUT2D eigenvalue weighted by atomic mass is 16.7. The van der Waals surface area contributed by atoms with Crippen molar-refractivity contribution in [3.8, 4) is 23.0 Å². The van der Waals surface area contributed by atoms with E-state index in [1.54, 1.807) is 0 Å². The number of ether oxygens (including phenoxy) is 5. The van der Waals surface area contributed by atoms with E-state index in [2.05, 4.69) is 6.92 Å². The molecule has 0 bridgehead atoms. The lowest BCUT2D eigenvalue weighted by Crippen LogP contribution is -2.22. The molecule has 2 heterocycles. The average molecular weight is 440 g/mol. The number of rotatable bonds is 9. The topological polar surface area (TPSA) is 83.5 Å². The molecule has 1 unspecified atom stereocenters. The van der Waals surface area contributed by atoms with E-state index in [1.807, 2.05) is 50.2 Å². The van der Waals surface area contributed by atoms with Gasteiger partial charge in [0.2, 0.25) is 6.79 Å².